The second kappa shape index (κ2) is 4.91. The Morgan fingerprint density at radius 3 is 2.67 bits per heavy atom. The maximum absolute atomic E-state index is 12.2. The van der Waals surface area contributed by atoms with Crippen LogP contribution in [0.2, 0.25) is 0 Å². The summed E-state index contributed by atoms with van der Waals surface area (Å²) in [7, 11) is 0. The largest absolute Gasteiger partial charge is 0.421 e. The topological polar surface area (TPSA) is 68.0 Å². The first-order valence-electron chi connectivity index (χ1n) is 5.06. The molecule has 0 aliphatic carbocycles. The van der Waals surface area contributed by atoms with Crippen molar-refractivity contribution in [2.75, 3.05) is 5.32 Å². The van der Waals surface area contributed by atoms with Crippen LogP contribution in [0.3, 0.4) is 0 Å². The third-order valence-corrected chi connectivity index (χ3v) is 2.14. The van der Waals surface area contributed by atoms with Crippen molar-refractivity contribution in [2.45, 2.75) is 13.3 Å². The Labute approximate surface area is 101 Å². The van der Waals surface area contributed by atoms with Crippen LogP contribution in [-0.4, -0.2) is 22.5 Å². The minimum absolute atomic E-state index is 0.165. The number of para-hydroxylation sites is 1. The Bertz CT molecular complexity index is 569. The molecule has 0 unspecified atom stereocenters. The Morgan fingerprint density at radius 2 is 2.06 bits per heavy atom. The molecule has 0 radical (unpaired) electrons. The van der Waals surface area contributed by atoms with Crippen LogP contribution < -0.4 is 5.32 Å². The summed E-state index contributed by atoms with van der Waals surface area (Å²) in [5.41, 5.74) is 0.596. The van der Waals surface area contributed by atoms with Gasteiger partial charge in [-0.05, 0) is 12.1 Å². The zero-order valence-electron chi connectivity index (χ0n) is 9.35. The average Bonchev–Trinajstić information content (AvgIpc) is 2.76. The minimum atomic E-state index is -3.08. The number of hydrogen-bond acceptors (Lipinski definition) is 4. The number of hydrogen-bond donors (Lipinski definition) is 1. The van der Waals surface area contributed by atoms with E-state index in [9.17, 15) is 13.6 Å². The number of carbonyl (C=O) groups is 1. The average molecular weight is 253 g/mol. The third-order valence-electron chi connectivity index (χ3n) is 2.14. The van der Waals surface area contributed by atoms with E-state index in [-0.39, 0.29) is 11.6 Å². The standard InChI is InChI=1S/C11H9F2N3O2/c1-6-15-16-11(18-6)7-4-2-3-5-8(7)14-10(17)9(12)13/h2-5,9H,1H3,(H,14,17). The summed E-state index contributed by atoms with van der Waals surface area (Å²) in [6.45, 7) is 1.61. The lowest BCUT2D eigenvalue weighted by atomic mass is 10.2. The molecule has 1 aromatic carbocycles. The number of anilines is 1. The Hall–Kier alpha value is -2.31. The fraction of sp³-hybridized carbons (Fsp3) is 0.182. The molecule has 1 aromatic heterocycles. The summed E-state index contributed by atoms with van der Waals surface area (Å²) in [6.07, 6.45) is -3.08. The zero-order valence-corrected chi connectivity index (χ0v) is 9.35. The van der Waals surface area contributed by atoms with E-state index in [1.807, 2.05) is 0 Å². The van der Waals surface area contributed by atoms with E-state index in [2.05, 4.69) is 15.5 Å². The highest BCUT2D eigenvalue weighted by Crippen LogP contribution is 2.26. The summed E-state index contributed by atoms with van der Waals surface area (Å²) in [5, 5.41) is 9.52. The van der Waals surface area contributed by atoms with Gasteiger partial charge in [0.2, 0.25) is 11.8 Å². The van der Waals surface area contributed by atoms with Gasteiger partial charge in [0.1, 0.15) is 0 Å². The first kappa shape index (κ1) is 12.2. The van der Waals surface area contributed by atoms with E-state index in [0.29, 0.717) is 11.5 Å². The van der Waals surface area contributed by atoms with Gasteiger partial charge < -0.3 is 9.73 Å². The van der Waals surface area contributed by atoms with Crippen LogP contribution in [0.15, 0.2) is 28.7 Å². The molecule has 0 saturated carbocycles. The molecule has 94 valence electrons. The van der Waals surface area contributed by atoms with Crippen LogP contribution in [0, 0.1) is 6.92 Å². The summed E-state index contributed by atoms with van der Waals surface area (Å²) in [6, 6.07) is 6.35. The maximum atomic E-state index is 12.2. The highest BCUT2D eigenvalue weighted by Gasteiger charge is 2.18. The number of amides is 1. The molecule has 0 spiro atoms. The number of carbonyl (C=O) groups excluding carboxylic acids is 1. The van der Waals surface area contributed by atoms with Gasteiger partial charge in [0, 0.05) is 6.92 Å². The highest BCUT2D eigenvalue weighted by molar-refractivity contribution is 5.96. The maximum Gasteiger partial charge on any atom is 0.315 e. The van der Waals surface area contributed by atoms with E-state index >= 15 is 0 Å². The summed E-state index contributed by atoms with van der Waals surface area (Å²) in [4.78, 5) is 11.0. The van der Waals surface area contributed by atoms with Crippen LogP contribution in [0.4, 0.5) is 14.5 Å². The molecule has 5 nitrogen and oxygen atoms in total. The first-order chi connectivity index (χ1) is 8.58. The molecule has 1 N–H and O–H groups in total. The van der Waals surface area contributed by atoms with E-state index in [1.54, 1.807) is 25.1 Å². The Balaban J connectivity index is 2.34. The van der Waals surface area contributed by atoms with Gasteiger partial charge >= 0.3 is 6.43 Å². The van der Waals surface area contributed by atoms with Gasteiger partial charge in [-0.2, -0.15) is 8.78 Å². The van der Waals surface area contributed by atoms with Crippen LogP contribution in [0.5, 0.6) is 0 Å². The molecule has 0 aliphatic heterocycles. The van der Waals surface area contributed by atoms with Crippen molar-refractivity contribution in [3.63, 3.8) is 0 Å². The molecular weight excluding hydrogens is 244 g/mol. The van der Waals surface area contributed by atoms with Crippen molar-refractivity contribution in [1.82, 2.24) is 10.2 Å². The quantitative estimate of drug-likeness (QED) is 0.910. The van der Waals surface area contributed by atoms with E-state index < -0.39 is 12.3 Å². The Morgan fingerprint density at radius 1 is 1.33 bits per heavy atom. The summed E-state index contributed by atoms with van der Waals surface area (Å²) < 4.78 is 29.6. The number of alkyl halides is 2. The van der Waals surface area contributed by atoms with Crippen molar-refractivity contribution < 1.29 is 18.0 Å². The summed E-state index contributed by atoms with van der Waals surface area (Å²) in [5.74, 6) is -0.864. The molecule has 0 saturated heterocycles. The minimum Gasteiger partial charge on any atom is -0.421 e. The predicted octanol–water partition coefficient (Wildman–Crippen LogP) is 2.25. The number of nitrogens with zero attached hydrogens (tertiary/aromatic N) is 2. The van der Waals surface area contributed by atoms with Gasteiger partial charge in [0.05, 0.1) is 11.3 Å². The lowest BCUT2D eigenvalue weighted by Crippen LogP contribution is -2.20. The van der Waals surface area contributed by atoms with Crippen molar-refractivity contribution in [3.8, 4) is 11.5 Å². The smallest absolute Gasteiger partial charge is 0.315 e. The van der Waals surface area contributed by atoms with Gasteiger partial charge in [-0.1, -0.05) is 12.1 Å². The second-order valence-corrected chi connectivity index (χ2v) is 3.46. The molecule has 2 rings (SSSR count). The van der Waals surface area contributed by atoms with Gasteiger partial charge in [0.25, 0.3) is 5.91 Å². The third kappa shape index (κ3) is 2.50. The normalized spacial score (nSPS) is 10.7. The fourth-order valence-corrected chi connectivity index (χ4v) is 1.37. The number of benzene rings is 1. The molecule has 0 atom stereocenters. The number of halogens is 2. The monoisotopic (exact) mass is 253 g/mol. The van der Waals surface area contributed by atoms with Crippen molar-refractivity contribution in [3.05, 3.63) is 30.2 Å². The fourth-order valence-electron chi connectivity index (χ4n) is 1.37. The van der Waals surface area contributed by atoms with Crippen LogP contribution in [0.25, 0.3) is 11.5 Å². The van der Waals surface area contributed by atoms with Gasteiger partial charge in [-0.3, -0.25) is 4.79 Å². The van der Waals surface area contributed by atoms with E-state index in [0.717, 1.165) is 0 Å². The molecular formula is C11H9F2N3O2. The van der Waals surface area contributed by atoms with Gasteiger partial charge in [-0.15, -0.1) is 10.2 Å². The van der Waals surface area contributed by atoms with E-state index in [4.69, 9.17) is 4.42 Å². The molecule has 1 heterocycles. The Kier molecular flexibility index (Phi) is 3.31. The zero-order chi connectivity index (χ0) is 13.1. The lowest BCUT2D eigenvalue weighted by molar-refractivity contribution is -0.126. The number of rotatable bonds is 3. The van der Waals surface area contributed by atoms with Gasteiger partial charge in [-0.25, -0.2) is 0 Å². The van der Waals surface area contributed by atoms with Crippen molar-refractivity contribution in [1.29, 1.82) is 0 Å². The number of aryl methyl sites for hydroxylation is 1. The van der Waals surface area contributed by atoms with Crippen molar-refractivity contribution >= 4 is 11.6 Å². The molecule has 18 heavy (non-hydrogen) atoms. The predicted molar refractivity (Wildman–Crippen MR) is 59.1 cm³/mol. The first-order valence-corrected chi connectivity index (χ1v) is 5.06. The highest BCUT2D eigenvalue weighted by atomic mass is 19.3. The molecule has 0 fully saturated rings. The number of nitrogens with one attached hydrogen (secondary N) is 1. The molecule has 0 bridgehead atoms. The molecule has 1 amide bonds. The molecule has 0 aliphatic rings. The van der Waals surface area contributed by atoms with Gasteiger partial charge in [0.15, 0.2) is 0 Å². The van der Waals surface area contributed by atoms with E-state index in [1.165, 1.54) is 6.07 Å². The summed E-state index contributed by atoms with van der Waals surface area (Å²) >= 11 is 0. The SMILES string of the molecule is Cc1nnc(-c2ccccc2NC(=O)C(F)F)o1. The number of aromatic nitrogens is 2. The van der Waals surface area contributed by atoms with Crippen LogP contribution >= 0.6 is 0 Å². The van der Waals surface area contributed by atoms with Crippen molar-refractivity contribution in [2.24, 2.45) is 0 Å². The van der Waals surface area contributed by atoms with Crippen LogP contribution in [0.1, 0.15) is 5.89 Å². The second-order valence-electron chi connectivity index (χ2n) is 3.46. The van der Waals surface area contributed by atoms with Crippen LogP contribution in [-0.2, 0) is 4.79 Å². The molecule has 2 aromatic rings. The molecule has 7 heteroatoms. The lowest BCUT2D eigenvalue weighted by Gasteiger charge is -2.07.